The van der Waals surface area contributed by atoms with E-state index < -0.39 is 39.8 Å². The van der Waals surface area contributed by atoms with E-state index in [0.29, 0.717) is 28.1 Å². The summed E-state index contributed by atoms with van der Waals surface area (Å²) in [6.07, 6.45) is 10.9. The van der Waals surface area contributed by atoms with Gasteiger partial charge in [0.1, 0.15) is 34.6 Å². The summed E-state index contributed by atoms with van der Waals surface area (Å²) in [4.78, 5) is 33.2. The topological polar surface area (TPSA) is 118 Å². The highest BCUT2D eigenvalue weighted by Crippen LogP contribution is 2.29. The number of carbonyl (C=O) groups is 1. The second kappa shape index (κ2) is 10.2. The van der Waals surface area contributed by atoms with Crippen molar-refractivity contribution >= 4 is 33.5 Å². The quantitative estimate of drug-likeness (QED) is 0.266. The number of hydrogen-bond donors (Lipinski definition) is 2. The van der Waals surface area contributed by atoms with Crippen molar-refractivity contribution in [3.05, 3.63) is 115 Å². The highest BCUT2D eigenvalue weighted by molar-refractivity contribution is 7.86. The average Bonchev–Trinajstić information content (AvgIpc) is 3.65. The maximum atomic E-state index is 15.4. The predicted molar refractivity (Wildman–Crippen MR) is 140 cm³/mol. The van der Waals surface area contributed by atoms with Gasteiger partial charge in [-0.3, -0.25) is 14.1 Å². The summed E-state index contributed by atoms with van der Waals surface area (Å²) in [6, 6.07) is 8.45. The highest BCUT2D eigenvalue weighted by Gasteiger charge is 2.25. The fourth-order valence-electron chi connectivity index (χ4n) is 4.05. The number of anilines is 1. The number of carbonyl (C=O) groups excluding carboxylic acids is 1. The van der Waals surface area contributed by atoms with Gasteiger partial charge in [0.15, 0.2) is 5.82 Å². The Kier molecular flexibility index (Phi) is 6.40. The Hall–Kier alpha value is -5.17. The van der Waals surface area contributed by atoms with Crippen LogP contribution in [0.15, 0.2) is 90.9 Å². The molecular weight excluding hydrogens is 543 g/mol. The SMILES string of the molecule is O=C(c1c(F)ccc(NS(=O)c2cccc(F)c2)c1F)c1c[nH]c2ncc(-c3cnc(-n4ccnc4)nc3)cc12. The predicted octanol–water partition coefficient (Wildman–Crippen LogP) is 4.99. The molecule has 0 aliphatic heterocycles. The molecule has 6 rings (SSSR count). The smallest absolute Gasteiger partial charge is 0.234 e. The maximum absolute atomic E-state index is 15.4. The third-order valence-electron chi connectivity index (χ3n) is 6.01. The van der Waals surface area contributed by atoms with Crippen molar-refractivity contribution < 1.29 is 22.2 Å². The number of nitrogens with zero attached hydrogens (tertiary/aromatic N) is 5. The van der Waals surface area contributed by atoms with E-state index in [1.165, 1.54) is 24.4 Å². The van der Waals surface area contributed by atoms with Crippen LogP contribution in [-0.2, 0) is 11.0 Å². The molecule has 4 aromatic heterocycles. The number of aromatic amines is 1. The van der Waals surface area contributed by atoms with Crippen molar-refractivity contribution in [1.82, 2.24) is 29.5 Å². The van der Waals surface area contributed by atoms with Crippen molar-refractivity contribution in [3.8, 4) is 17.1 Å². The number of fused-ring (bicyclic) bond motifs is 1. The molecule has 0 aliphatic carbocycles. The lowest BCUT2D eigenvalue weighted by Gasteiger charge is -2.11. The Morgan fingerprint density at radius 2 is 1.77 bits per heavy atom. The van der Waals surface area contributed by atoms with Crippen molar-refractivity contribution in [2.45, 2.75) is 4.90 Å². The monoisotopic (exact) mass is 559 g/mol. The number of ketones is 1. The van der Waals surface area contributed by atoms with Crippen LogP contribution in [-0.4, -0.2) is 39.5 Å². The van der Waals surface area contributed by atoms with Gasteiger partial charge in [-0.25, -0.2) is 37.3 Å². The van der Waals surface area contributed by atoms with E-state index in [1.807, 2.05) is 0 Å². The van der Waals surface area contributed by atoms with Gasteiger partial charge in [-0.1, -0.05) is 6.07 Å². The lowest BCUT2D eigenvalue weighted by molar-refractivity contribution is 0.103. The maximum Gasteiger partial charge on any atom is 0.234 e. The third-order valence-corrected chi connectivity index (χ3v) is 7.10. The summed E-state index contributed by atoms with van der Waals surface area (Å²) in [5.41, 5.74) is 0.231. The van der Waals surface area contributed by atoms with Gasteiger partial charge in [0.2, 0.25) is 11.7 Å². The van der Waals surface area contributed by atoms with Gasteiger partial charge in [0.25, 0.3) is 0 Å². The number of H-pyrrole nitrogens is 1. The fraction of sp³-hybridized carbons (Fsp3) is 0. The molecule has 6 aromatic rings. The number of halogens is 3. The minimum absolute atomic E-state index is 0.0264. The summed E-state index contributed by atoms with van der Waals surface area (Å²) < 4.78 is 60.4. The van der Waals surface area contributed by atoms with Crippen molar-refractivity contribution in [2.75, 3.05) is 4.72 Å². The molecule has 0 aliphatic rings. The van der Waals surface area contributed by atoms with E-state index >= 15 is 4.39 Å². The zero-order valence-electron chi connectivity index (χ0n) is 20.2. The molecule has 40 heavy (non-hydrogen) atoms. The first-order valence-electron chi connectivity index (χ1n) is 11.6. The first-order chi connectivity index (χ1) is 19.4. The van der Waals surface area contributed by atoms with Gasteiger partial charge < -0.3 is 4.98 Å². The molecule has 2 aromatic carbocycles. The summed E-state index contributed by atoms with van der Waals surface area (Å²) in [5.74, 6) is -3.52. The molecule has 0 fully saturated rings. The minimum atomic E-state index is -2.07. The number of benzene rings is 2. The Morgan fingerprint density at radius 1 is 0.975 bits per heavy atom. The molecule has 9 nitrogen and oxygen atoms in total. The van der Waals surface area contributed by atoms with Crippen LogP contribution in [0.2, 0.25) is 0 Å². The fourth-order valence-corrected chi connectivity index (χ4v) is 4.94. The number of nitrogens with one attached hydrogen (secondary N) is 2. The summed E-state index contributed by atoms with van der Waals surface area (Å²) in [7, 11) is -2.07. The Balaban J connectivity index is 1.33. The molecule has 198 valence electrons. The van der Waals surface area contributed by atoms with Gasteiger partial charge in [-0.15, -0.1) is 0 Å². The first kappa shape index (κ1) is 25.1. The second-order valence-corrected chi connectivity index (χ2v) is 9.72. The Morgan fingerprint density at radius 3 is 2.52 bits per heavy atom. The zero-order valence-corrected chi connectivity index (χ0v) is 21.0. The number of imidazole rings is 1. The van der Waals surface area contributed by atoms with Crippen molar-refractivity contribution in [2.24, 2.45) is 0 Å². The van der Waals surface area contributed by atoms with Gasteiger partial charge >= 0.3 is 0 Å². The van der Waals surface area contributed by atoms with E-state index in [2.05, 4.69) is 29.6 Å². The molecule has 0 radical (unpaired) electrons. The third kappa shape index (κ3) is 4.62. The number of pyridine rings is 1. The molecule has 0 saturated carbocycles. The molecule has 0 amide bonds. The molecule has 1 atom stereocenters. The van der Waals surface area contributed by atoms with Crippen LogP contribution in [0, 0.1) is 17.5 Å². The zero-order chi connectivity index (χ0) is 27.8. The number of rotatable bonds is 7. The van der Waals surface area contributed by atoms with Crippen LogP contribution in [0.1, 0.15) is 15.9 Å². The van der Waals surface area contributed by atoms with E-state index in [-0.39, 0.29) is 16.1 Å². The molecule has 2 N–H and O–H groups in total. The molecule has 13 heteroatoms. The molecule has 0 saturated heterocycles. The van der Waals surface area contributed by atoms with Gasteiger partial charge in [0.05, 0.1) is 16.1 Å². The largest absolute Gasteiger partial charge is 0.345 e. The van der Waals surface area contributed by atoms with E-state index in [1.54, 1.807) is 47.9 Å². The lowest BCUT2D eigenvalue weighted by Crippen LogP contribution is -2.12. The highest BCUT2D eigenvalue weighted by atomic mass is 32.2. The van der Waals surface area contributed by atoms with Gasteiger partial charge in [0, 0.05) is 59.3 Å². The lowest BCUT2D eigenvalue weighted by atomic mass is 10.0. The van der Waals surface area contributed by atoms with Gasteiger partial charge in [-0.05, 0) is 36.4 Å². The molecule has 4 heterocycles. The van der Waals surface area contributed by atoms with Crippen LogP contribution >= 0.6 is 0 Å². The van der Waals surface area contributed by atoms with Crippen molar-refractivity contribution in [1.29, 1.82) is 0 Å². The standard InChI is InChI=1S/C27H16F3N7O2S/c28-17-2-1-3-18(9-17)40(39)36-22-5-4-21(29)23(24(22)30)25(38)20-13-33-26-19(20)8-15(10-32-26)16-11-34-27(35-12-16)37-7-6-31-14-37/h1-14,36H,(H,32,33). The molecule has 1 unspecified atom stereocenters. The molecule has 0 spiro atoms. The number of hydrogen-bond acceptors (Lipinski definition) is 6. The van der Waals surface area contributed by atoms with Crippen LogP contribution in [0.5, 0.6) is 0 Å². The van der Waals surface area contributed by atoms with E-state index in [4.69, 9.17) is 0 Å². The normalized spacial score (nSPS) is 12.0. The summed E-state index contributed by atoms with van der Waals surface area (Å²) in [5, 5.41) is 0.321. The molecular formula is C27H16F3N7O2S. The van der Waals surface area contributed by atoms with E-state index in [9.17, 15) is 17.8 Å². The van der Waals surface area contributed by atoms with E-state index in [0.717, 1.165) is 18.2 Å². The molecule has 0 bridgehead atoms. The van der Waals surface area contributed by atoms with Gasteiger partial charge in [-0.2, -0.15) is 0 Å². The van der Waals surface area contributed by atoms with Crippen molar-refractivity contribution in [3.63, 3.8) is 0 Å². The Bertz CT molecular complexity index is 1910. The Labute approximate surface area is 226 Å². The first-order valence-corrected chi connectivity index (χ1v) is 12.8. The van der Waals surface area contributed by atoms with Crippen LogP contribution in [0.3, 0.4) is 0 Å². The second-order valence-electron chi connectivity index (χ2n) is 8.51. The summed E-state index contributed by atoms with van der Waals surface area (Å²) in [6.45, 7) is 0. The minimum Gasteiger partial charge on any atom is -0.345 e. The summed E-state index contributed by atoms with van der Waals surface area (Å²) >= 11 is 0. The van der Waals surface area contributed by atoms with Crippen LogP contribution < -0.4 is 4.72 Å². The van der Waals surface area contributed by atoms with Crippen LogP contribution in [0.4, 0.5) is 18.9 Å². The number of aromatic nitrogens is 6. The van der Waals surface area contributed by atoms with Crippen LogP contribution in [0.25, 0.3) is 28.1 Å². The average molecular weight is 560 g/mol.